The third-order valence-electron chi connectivity index (χ3n) is 14.2. The maximum absolute atomic E-state index is 2.63. The van der Waals surface area contributed by atoms with Crippen molar-refractivity contribution in [2.24, 2.45) is 40.4 Å². The molecule has 54 heavy (non-hydrogen) atoms. The van der Waals surface area contributed by atoms with E-state index >= 15 is 0 Å². The van der Waals surface area contributed by atoms with Gasteiger partial charge in [-0.2, -0.15) is 34.9 Å². The average molecular weight is 835 g/mol. The molecule has 3 heteroatoms. The summed E-state index contributed by atoms with van der Waals surface area (Å²) >= 11 is 1.46. The quantitative estimate of drug-likeness (QED) is 0.188. The van der Waals surface area contributed by atoms with E-state index in [1.54, 1.807) is 28.2 Å². The number of benzene rings is 3. The molecule has 0 aromatic heterocycles. The van der Waals surface area contributed by atoms with Gasteiger partial charge in [-0.05, 0) is 34.7 Å². The molecule has 0 radical (unpaired) electrons. The predicted molar refractivity (Wildman–Crippen MR) is 221 cm³/mol. The van der Waals surface area contributed by atoms with E-state index in [2.05, 4.69) is 198 Å². The molecular formula is C51H60Cl2Zr-2. The van der Waals surface area contributed by atoms with Crippen LogP contribution in [0.3, 0.4) is 0 Å². The van der Waals surface area contributed by atoms with Gasteiger partial charge in [0, 0.05) is 5.41 Å². The van der Waals surface area contributed by atoms with Crippen molar-refractivity contribution in [3.63, 3.8) is 0 Å². The minimum absolute atomic E-state index is 0. The molecule has 1 fully saturated rings. The fraction of sp³-hybridized carbons (Fsp3) is 0.392. The van der Waals surface area contributed by atoms with Crippen molar-refractivity contribution >= 4 is 8.78 Å². The van der Waals surface area contributed by atoms with Crippen molar-refractivity contribution < 1.29 is 49.0 Å². The molecule has 1 saturated carbocycles. The summed E-state index contributed by atoms with van der Waals surface area (Å²) in [5.41, 5.74) is 14.3. The average Bonchev–Trinajstić information content (AvgIpc) is 3.83. The Bertz CT molecular complexity index is 1930. The summed E-state index contributed by atoms with van der Waals surface area (Å²) in [6.45, 7) is 26.9. The van der Waals surface area contributed by atoms with Crippen LogP contribution in [-0.4, -0.2) is 3.21 Å². The van der Waals surface area contributed by atoms with Crippen LogP contribution in [0.25, 0.3) is 5.57 Å². The molecule has 0 heterocycles. The van der Waals surface area contributed by atoms with Gasteiger partial charge in [0.1, 0.15) is 0 Å². The standard InChI is InChI=1S/C29H37.C13H10.C9H13.2ClH.Zr/c1-16-13-14-25-26-23-12-10-9-11-22(23)15-24(26)27-19(4)17(2)18(3)21(6)29(27,8)28(25,7)20(16)5;1-3-7-12(8-4-1)11-13-9-5-2-6-10-13;1-9(2,3)8-6-4-5-7-8;;;/h9-14,16-18,20-21H,15H2,1-8H3;1-10H;4-7H,1-3H3;2*1H;/q-1;;-1;;;+2/p-2. The zero-order valence-electron chi connectivity index (χ0n) is 34.4. The third kappa shape index (κ3) is 7.61. The van der Waals surface area contributed by atoms with Gasteiger partial charge in [0.05, 0.1) is 0 Å². The van der Waals surface area contributed by atoms with Crippen molar-refractivity contribution in [2.45, 2.75) is 88.0 Å². The number of allylic oxidation sites excluding steroid dienone is 6. The SMILES string of the molecule is CC(C)(C)c1cc[cH-]c1.C[C-]1C2=C3Cc4ccccc4C3=C3C=CC(C)C(C)C3(C)C2(C)C(C)C(C)C1C.[Cl-].[Cl-].[Zr+2]=[C](c1ccccc1)c1ccccc1. The summed E-state index contributed by atoms with van der Waals surface area (Å²) in [6.07, 6.45) is 6.12. The Labute approximate surface area is 355 Å². The Morgan fingerprint density at radius 1 is 0.759 bits per heavy atom. The Morgan fingerprint density at radius 3 is 1.83 bits per heavy atom. The second-order valence-corrected chi connectivity index (χ2v) is 18.8. The van der Waals surface area contributed by atoms with Crippen molar-refractivity contribution in [1.82, 2.24) is 0 Å². The molecule has 8 rings (SSSR count). The van der Waals surface area contributed by atoms with Gasteiger partial charge in [-0.1, -0.05) is 140 Å². The van der Waals surface area contributed by atoms with Gasteiger partial charge in [0.2, 0.25) is 0 Å². The summed E-state index contributed by atoms with van der Waals surface area (Å²) in [5.74, 6) is 4.93. The molecule has 284 valence electrons. The van der Waals surface area contributed by atoms with Crippen LogP contribution in [0.5, 0.6) is 0 Å². The molecule has 4 aliphatic carbocycles. The van der Waals surface area contributed by atoms with E-state index in [-0.39, 0.29) is 35.6 Å². The molecule has 4 aliphatic rings. The van der Waals surface area contributed by atoms with Crippen molar-refractivity contribution in [3.05, 3.63) is 172 Å². The molecule has 0 nitrogen and oxygen atoms in total. The van der Waals surface area contributed by atoms with E-state index < -0.39 is 0 Å². The van der Waals surface area contributed by atoms with Crippen LogP contribution < -0.4 is 24.8 Å². The Kier molecular flexibility index (Phi) is 14.1. The molecule has 0 N–H and O–H groups in total. The van der Waals surface area contributed by atoms with E-state index in [4.69, 9.17) is 0 Å². The second-order valence-electron chi connectivity index (χ2n) is 17.5. The zero-order valence-corrected chi connectivity index (χ0v) is 38.4. The van der Waals surface area contributed by atoms with Gasteiger partial charge >= 0.3 is 99.2 Å². The van der Waals surface area contributed by atoms with Gasteiger partial charge in [-0.3, -0.25) is 0 Å². The molecule has 4 aromatic rings. The number of hydrogen-bond acceptors (Lipinski definition) is 0. The first kappa shape index (κ1) is 44.2. The minimum atomic E-state index is 0. The van der Waals surface area contributed by atoms with E-state index in [0.29, 0.717) is 35.0 Å². The first-order valence-electron chi connectivity index (χ1n) is 19.6. The number of fused-ring (bicyclic) bond motifs is 6. The maximum atomic E-state index is 2.63. The van der Waals surface area contributed by atoms with Crippen LogP contribution in [0, 0.1) is 46.3 Å². The molecular weight excluding hydrogens is 775 g/mol. The summed E-state index contributed by atoms with van der Waals surface area (Å²) in [6, 6.07) is 38.8. The number of hydrogen-bond donors (Lipinski definition) is 0. The van der Waals surface area contributed by atoms with Crippen LogP contribution >= 0.6 is 0 Å². The second kappa shape index (κ2) is 17.3. The molecule has 0 amide bonds. The first-order chi connectivity index (χ1) is 24.6. The van der Waals surface area contributed by atoms with E-state index in [0.717, 1.165) is 6.42 Å². The molecule has 0 saturated heterocycles. The third-order valence-corrected chi connectivity index (χ3v) is 15.6. The Hall–Kier alpha value is -2.57. The van der Waals surface area contributed by atoms with Crippen LogP contribution in [0.4, 0.5) is 0 Å². The fourth-order valence-corrected chi connectivity index (χ4v) is 10.9. The molecule has 0 bridgehead atoms. The summed E-state index contributed by atoms with van der Waals surface area (Å²) < 4.78 is 1.42. The monoisotopic (exact) mass is 832 g/mol. The van der Waals surface area contributed by atoms with Crippen LogP contribution in [0.2, 0.25) is 0 Å². The van der Waals surface area contributed by atoms with Gasteiger partial charge in [0.25, 0.3) is 0 Å². The van der Waals surface area contributed by atoms with Crippen molar-refractivity contribution in [2.75, 3.05) is 0 Å². The van der Waals surface area contributed by atoms with Gasteiger partial charge in [-0.15, -0.1) is 6.92 Å². The van der Waals surface area contributed by atoms with Crippen LogP contribution in [-0.2, 0) is 36.1 Å². The normalized spacial score (nSPS) is 27.7. The van der Waals surface area contributed by atoms with Crippen molar-refractivity contribution in [3.8, 4) is 0 Å². The van der Waals surface area contributed by atoms with Gasteiger partial charge < -0.3 is 24.8 Å². The molecule has 7 atom stereocenters. The Morgan fingerprint density at radius 2 is 1.31 bits per heavy atom. The van der Waals surface area contributed by atoms with E-state index in [1.807, 2.05) is 0 Å². The van der Waals surface area contributed by atoms with Gasteiger partial charge in [-0.25, -0.2) is 12.0 Å². The van der Waals surface area contributed by atoms with Crippen LogP contribution in [0.1, 0.15) is 104 Å². The summed E-state index contributed by atoms with van der Waals surface area (Å²) in [5, 5.41) is 0. The van der Waals surface area contributed by atoms with Crippen LogP contribution in [0.15, 0.2) is 138 Å². The summed E-state index contributed by atoms with van der Waals surface area (Å²) in [4.78, 5) is 0. The van der Waals surface area contributed by atoms with E-state index in [1.165, 1.54) is 55.3 Å². The van der Waals surface area contributed by atoms with E-state index in [9.17, 15) is 0 Å². The predicted octanol–water partition coefficient (Wildman–Crippen LogP) is 7.19. The molecule has 7 unspecified atom stereocenters. The Balaban J connectivity index is 0.000000216. The fourth-order valence-electron chi connectivity index (χ4n) is 10.1. The van der Waals surface area contributed by atoms with Crippen molar-refractivity contribution in [1.29, 1.82) is 0 Å². The molecule has 4 aromatic carbocycles. The summed E-state index contributed by atoms with van der Waals surface area (Å²) in [7, 11) is 0. The van der Waals surface area contributed by atoms with Gasteiger partial charge in [0.15, 0.2) is 0 Å². The molecule has 0 aliphatic heterocycles. The number of rotatable bonds is 2. The molecule has 0 spiro atoms. The number of halogens is 2. The topological polar surface area (TPSA) is 0 Å². The first-order valence-corrected chi connectivity index (χ1v) is 20.9. The zero-order chi connectivity index (χ0) is 37.6.